The van der Waals surface area contributed by atoms with Crippen molar-refractivity contribution in [3.8, 4) is 6.07 Å². The van der Waals surface area contributed by atoms with E-state index in [1.807, 2.05) is 17.9 Å². The van der Waals surface area contributed by atoms with Crippen LogP contribution in [0.3, 0.4) is 0 Å². The van der Waals surface area contributed by atoms with E-state index in [4.69, 9.17) is 23.2 Å². The van der Waals surface area contributed by atoms with Crippen molar-refractivity contribution in [1.29, 1.82) is 5.26 Å². The Hall–Kier alpha value is -2.55. The average Bonchev–Trinajstić information content (AvgIpc) is 3.19. The number of nitrogens with one attached hydrogen (secondary N) is 1. The average molecular weight is 418 g/mol. The van der Waals surface area contributed by atoms with Gasteiger partial charge < -0.3 is 10.2 Å². The fraction of sp³-hybridized carbons (Fsp3) is 0.238. The highest BCUT2D eigenvalue weighted by molar-refractivity contribution is 6.42. The molecule has 3 rings (SSSR count). The zero-order valence-electron chi connectivity index (χ0n) is 15.2. The van der Waals surface area contributed by atoms with Crippen molar-refractivity contribution in [3.63, 3.8) is 0 Å². The molecule has 4 nitrogen and oxygen atoms in total. The van der Waals surface area contributed by atoms with Gasteiger partial charge in [0.25, 0.3) is 5.91 Å². The number of rotatable bonds is 4. The molecule has 0 unspecified atom stereocenters. The summed E-state index contributed by atoms with van der Waals surface area (Å²) >= 11 is 11.8. The monoisotopic (exact) mass is 417 g/mol. The van der Waals surface area contributed by atoms with E-state index in [-0.39, 0.29) is 16.4 Å². The second kappa shape index (κ2) is 8.64. The van der Waals surface area contributed by atoms with Crippen molar-refractivity contribution in [3.05, 3.63) is 62.9 Å². The smallest absolute Gasteiger partial charge is 0.266 e. The topological polar surface area (TPSA) is 56.1 Å². The molecular formula is C21H18Cl2FN3O. The molecule has 2 aromatic carbocycles. The molecule has 7 heteroatoms. The molecule has 0 saturated carbocycles. The largest absolute Gasteiger partial charge is 0.369 e. The maximum absolute atomic E-state index is 14.6. The fourth-order valence-corrected chi connectivity index (χ4v) is 3.41. The van der Waals surface area contributed by atoms with Crippen molar-refractivity contribution in [2.24, 2.45) is 0 Å². The first-order valence-corrected chi connectivity index (χ1v) is 9.58. The van der Waals surface area contributed by atoms with E-state index in [0.717, 1.165) is 31.5 Å². The molecule has 144 valence electrons. The lowest BCUT2D eigenvalue weighted by Gasteiger charge is -2.19. The summed E-state index contributed by atoms with van der Waals surface area (Å²) in [7, 11) is 0. The maximum Gasteiger partial charge on any atom is 0.266 e. The van der Waals surface area contributed by atoms with Crippen LogP contribution in [0.15, 0.2) is 35.9 Å². The Bertz CT molecular complexity index is 992. The van der Waals surface area contributed by atoms with Crippen LogP contribution < -0.4 is 10.2 Å². The Balaban J connectivity index is 1.85. The minimum atomic E-state index is -0.607. The number of carbonyl (C=O) groups is 1. The molecule has 0 aliphatic carbocycles. The first-order chi connectivity index (χ1) is 13.4. The van der Waals surface area contributed by atoms with E-state index in [9.17, 15) is 14.4 Å². The Labute approximate surface area is 173 Å². The van der Waals surface area contributed by atoms with Crippen LogP contribution in [0.4, 0.5) is 15.8 Å². The third-order valence-electron chi connectivity index (χ3n) is 4.62. The first kappa shape index (κ1) is 20.2. The second-order valence-electron chi connectivity index (χ2n) is 6.61. The summed E-state index contributed by atoms with van der Waals surface area (Å²) in [5, 5.41) is 12.6. The minimum absolute atomic E-state index is 0.137. The summed E-state index contributed by atoms with van der Waals surface area (Å²) in [5.74, 6) is -0.967. The van der Waals surface area contributed by atoms with Gasteiger partial charge in [0.15, 0.2) is 0 Å². The van der Waals surface area contributed by atoms with Crippen LogP contribution in [0.1, 0.15) is 24.0 Å². The van der Waals surface area contributed by atoms with Gasteiger partial charge in [0, 0.05) is 18.8 Å². The van der Waals surface area contributed by atoms with Crippen molar-refractivity contribution < 1.29 is 9.18 Å². The lowest BCUT2D eigenvalue weighted by atomic mass is 10.0. The lowest BCUT2D eigenvalue weighted by Crippen LogP contribution is -2.19. The molecule has 1 aliphatic rings. The zero-order chi connectivity index (χ0) is 20.3. The van der Waals surface area contributed by atoms with Gasteiger partial charge in [0.05, 0.1) is 15.7 Å². The molecule has 2 aromatic rings. The third-order valence-corrected chi connectivity index (χ3v) is 5.36. The maximum atomic E-state index is 14.6. The van der Waals surface area contributed by atoms with E-state index >= 15 is 0 Å². The predicted molar refractivity (Wildman–Crippen MR) is 111 cm³/mol. The molecule has 0 spiro atoms. The number of aryl methyl sites for hydroxylation is 1. The number of benzene rings is 2. The van der Waals surface area contributed by atoms with Crippen LogP contribution in [0.2, 0.25) is 10.0 Å². The van der Waals surface area contributed by atoms with Gasteiger partial charge in [0.1, 0.15) is 17.5 Å². The molecule has 28 heavy (non-hydrogen) atoms. The molecule has 1 N–H and O–H groups in total. The van der Waals surface area contributed by atoms with Crippen LogP contribution in [0.25, 0.3) is 6.08 Å². The number of halogens is 3. The Morgan fingerprint density at radius 1 is 1.21 bits per heavy atom. The molecule has 1 heterocycles. The third kappa shape index (κ3) is 4.46. The molecule has 0 bridgehead atoms. The van der Waals surface area contributed by atoms with Gasteiger partial charge in [-0.15, -0.1) is 0 Å². The fourth-order valence-electron chi connectivity index (χ4n) is 3.11. The summed E-state index contributed by atoms with van der Waals surface area (Å²) < 4.78 is 14.6. The number of nitrogens with zero attached hydrogens (tertiary/aromatic N) is 2. The van der Waals surface area contributed by atoms with Gasteiger partial charge in [-0.2, -0.15) is 5.26 Å². The summed E-state index contributed by atoms with van der Waals surface area (Å²) in [6.07, 6.45) is 3.49. The van der Waals surface area contributed by atoms with Crippen molar-refractivity contribution in [2.45, 2.75) is 19.8 Å². The molecule has 1 amide bonds. The van der Waals surface area contributed by atoms with E-state index < -0.39 is 5.91 Å². The van der Waals surface area contributed by atoms with E-state index in [1.54, 1.807) is 18.2 Å². The highest BCUT2D eigenvalue weighted by Gasteiger charge is 2.18. The van der Waals surface area contributed by atoms with Crippen LogP contribution in [-0.4, -0.2) is 19.0 Å². The number of amides is 1. The molecule has 1 aliphatic heterocycles. The Morgan fingerprint density at radius 3 is 2.57 bits per heavy atom. The Kier molecular flexibility index (Phi) is 6.23. The van der Waals surface area contributed by atoms with Crippen LogP contribution in [-0.2, 0) is 4.79 Å². The lowest BCUT2D eigenvalue weighted by molar-refractivity contribution is -0.112. The van der Waals surface area contributed by atoms with Crippen molar-refractivity contribution in [1.82, 2.24) is 0 Å². The quantitative estimate of drug-likeness (QED) is 0.521. The first-order valence-electron chi connectivity index (χ1n) is 8.82. The normalized spacial score (nSPS) is 14.1. The van der Waals surface area contributed by atoms with Gasteiger partial charge in [-0.1, -0.05) is 23.2 Å². The van der Waals surface area contributed by atoms with Crippen LogP contribution >= 0.6 is 23.2 Å². The highest BCUT2D eigenvalue weighted by Crippen LogP contribution is 2.28. The van der Waals surface area contributed by atoms with Crippen molar-refractivity contribution >= 4 is 46.6 Å². The van der Waals surface area contributed by atoms with Crippen LogP contribution in [0, 0.1) is 24.1 Å². The highest BCUT2D eigenvalue weighted by atomic mass is 35.5. The van der Waals surface area contributed by atoms with E-state index in [0.29, 0.717) is 22.0 Å². The van der Waals surface area contributed by atoms with Gasteiger partial charge in [-0.3, -0.25) is 4.79 Å². The summed E-state index contributed by atoms with van der Waals surface area (Å²) in [6, 6.07) is 9.62. The predicted octanol–water partition coefficient (Wildman–Crippen LogP) is 5.59. The second-order valence-corrected chi connectivity index (χ2v) is 7.42. The summed E-state index contributed by atoms with van der Waals surface area (Å²) in [5.41, 5.74) is 2.11. The molecule has 0 atom stereocenters. The summed E-state index contributed by atoms with van der Waals surface area (Å²) in [6.45, 7) is 3.50. The van der Waals surface area contributed by atoms with Crippen molar-refractivity contribution in [2.75, 3.05) is 23.3 Å². The summed E-state index contributed by atoms with van der Waals surface area (Å²) in [4.78, 5) is 14.4. The van der Waals surface area contributed by atoms with Gasteiger partial charge in [-0.25, -0.2) is 4.39 Å². The van der Waals surface area contributed by atoms with Gasteiger partial charge in [0.2, 0.25) is 0 Å². The molecule has 0 aromatic heterocycles. The van der Waals surface area contributed by atoms with E-state index in [2.05, 4.69) is 5.32 Å². The van der Waals surface area contributed by atoms with Gasteiger partial charge in [-0.05, 0) is 67.3 Å². The number of anilines is 2. The van der Waals surface area contributed by atoms with E-state index in [1.165, 1.54) is 18.2 Å². The number of nitriles is 1. The van der Waals surface area contributed by atoms with Crippen LogP contribution in [0.5, 0.6) is 0 Å². The zero-order valence-corrected chi connectivity index (χ0v) is 16.7. The molecule has 1 saturated heterocycles. The van der Waals surface area contributed by atoms with Gasteiger partial charge >= 0.3 is 0 Å². The number of carbonyl (C=O) groups excluding carboxylic acids is 1. The SMILES string of the molecule is Cc1cc(N2CCCC2)c(F)cc1C=C(C#N)C(=O)Nc1ccc(Cl)c(Cl)c1. The minimum Gasteiger partial charge on any atom is -0.369 e. The molecule has 1 fully saturated rings. The number of hydrogen-bond donors (Lipinski definition) is 1. The number of hydrogen-bond acceptors (Lipinski definition) is 3. The Morgan fingerprint density at radius 2 is 1.93 bits per heavy atom. The standard InChI is InChI=1S/C21H18Cl2FN3O/c1-13-8-20(27-6-2-3-7-27)19(24)10-14(13)9-15(12-25)21(28)26-16-4-5-17(22)18(23)11-16/h4-5,8-11H,2-3,6-7H2,1H3,(H,26,28). The molecule has 0 radical (unpaired) electrons. The molecular weight excluding hydrogens is 400 g/mol.